The number of imide groups is 1. The van der Waals surface area contributed by atoms with E-state index in [1.165, 1.54) is 28.8 Å². The Morgan fingerprint density at radius 1 is 0.881 bits per heavy atom. The Bertz CT molecular complexity index is 1890. The summed E-state index contributed by atoms with van der Waals surface area (Å²) in [6, 6.07) is 30.5. The van der Waals surface area contributed by atoms with E-state index >= 15 is 0 Å². The van der Waals surface area contributed by atoms with E-state index < -0.39 is 4.92 Å². The summed E-state index contributed by atoms with van der Waals surface area (Å²) < 4.78 is 2.12. The summed E-state index contributed by atoms with van der Waals surface area (Å²) in [5.74, 6) is -0.282. The molecular weight excluding hydrogens is 567 g/mol. The Morgan fingerprint density at radius 2 is 1.55 bits per heavy atom. The average Bonchev–Trinajstić information content (AvgIpc) is 3.42. The quantitative estimate of drug-likeness (QED) is 0.107. The molecule has 1 fully saturated rings. The zero-order chi connectivity index (χ0) is 29.4. The molecule has 0 aliphatic carbocycles. The van der Waals surface area contributed by atoms with Gasteiger partial charge in [-0.05, 0) is 96.0 Å². The first-order valence-corrected chi connectivity index (χ1v) is 14.9. The van der Waals surface area contributed by atoms with Gasteiger partial charge >= 0.3 is 0 Å². The molecule has 5 aromatic rings. The van der Waals surface area contributed by atoms with Gasteiger partial charge in [0, 0.05) is 39.0 Å². The number of thioether (sulfide) groups is 1. The molecule has 1 aliphatic rings. The van der Waals surface area contributed by atoms with Gasteiger partial charge in [0.15, 0.2) is 0 Å². The molecule has 0 unspecified atom stereocenters. The normalized spacial score (nSPS) is 14.3. The molecule has 9 heteroatoms. The first kappa shape index (κ1) is 27.6. The van der Waals surface area contributed by atoms with Crippen LogP contribution < -0.4 is 0 Å². The molecule has 1 aliphatic heterocycles. The molecular formula is C33H25N3O4S2. The fraction of sp³-hybridized carbons (Fsp3) is 0.0909. The number of rotatable bonds is 7. The fourth-order valence-electron chi connectivity index (χ4n) is 5.14. The van der Waals surface area contributed by atoms with Crippen LogP contribution in [0.15, 0.2) is 112 Å². The molecule has 6 rings (SSSR count). The van der Waals surface area contributed by atoms with E-state index in [0.29, 0.717) is 4.91 Å². The van der Waals surface area contributed by atoms with Gasteiger partial charge in [0.25, 0.3) is 16.8 Å². The van der Waals surface area contributed by atoms with Gasteiger partial charge in [-0.15, -0.1) is 0 Å². The van der Waals surface area contributed by atoms with E-state index in [4.69, 9.17) is 0 Å². The molecule has 2 amide bonds. The number of nitro benzene ring substituents is 1. The number of fused-ring (bicyclic) bond motifs is 1. The average molecular weight is 592 g/mol. The standard InChI is InChI=1S/C33H25N3O4S2/c1-21-18-25(19-31-32(37)34(33(38)42-31)20-24-8-5-7-23-6-3-4-9-30(23)24)22(2)35(21)26-10-14-28(15-11-26)41-29-16-12-27(13-17-29)36(39)40/h3-19H,20H2,1-2H3/b31-19-. The lowest BCUT2D eigenvalue weighted by Crippen LogP contribution is -2.27. The maximum absolute atomic E-state index is 13.3. The van der Waals surface area contributed by atoms with Gasteiger partial charge in [0.2, 0.25) is 0 Å². The number of amides is 2. The smallest absolute Gasteiger partial charge is 0.293 e. The Hall–Kier alpha value is -4.60. The minimum atomic E-state index is -0.406. The number of aryl methyl sites for hydroxylation is 1. The summed E-state index contributed by atoms with van der Waals surface area (Å²) in [6.07, 6.45) is 1.81. The zero-order valence-corrected chi connectivity index (χ0v) is 24.4. The molecule has 0 N–H and O–H groups in total. The van der Waals surface area contributed by atoms with Crippen molar-refractivity contribution >= 4 is 57.2 Å². The molecule has 0 atom stereocenters. The molecule has 2 heterocycles. The minimum Gasteiger partial charge on any atom is -0.318 e. The van der Waals surface area contributed by atoms with Crippen molar-refractivity contribution in [2.75, 3.05) is 0 Å². The Labute approximate surface area is 251 Å². The van der Waals surface area contributed by atoms with Crippen LogP contribution in [0.3, 0.4) is 0 Å². The summed E-state index contributed by atoms with van der Waals surface area (Å²) >= 11 is 2.51. The van der Waals surface area contributed by atoms with Crippen molar-refractivity contribution in [2.24, 2.45) is 0 Å². The number of hydrogen-bond acceptors (Lipinski definition) is 6. The van der Waals surface area contributed by atoms with E-state index in [1.807, 2.05) is 92.7 Å². The van der Waals surface area contributed by atoms with Crippen LogP contribution in [-0.4, -0.2) is 25.5 Å². The number of non-ortho nitro benzene ring substituents is 1. The van der Waals surface area contributed by atoms with Crippen LogP contribution in [-0.2, 0) is 11.3 Å². The van der Waals surface area contributed by atoms with Gasteiger partial charge in [-0.1, -0.05) is 54.2 Å². The minimum absolute atomic E-state index is 0.0682. The van der Waals surface area contributed by atoms with Crippen LogP contribution >= 0.6 is 23.5 Å². The van der Waals surface area contributed by atoms with E-state index in [2.05, 4.69) is 4.57 Å². The monoisotopic (exact) mass is 591 g/mol. The van der Waals surface area contributed by atoms with Crippen molar-refractivity contribution in [1.29, 1.82) is 0 Å². The number of hydrogen-bond donors (Lipinski definition) is 0. The molecule has 0 radical (unpaired) electrons. The number of nitrogens with zero attached hydrogens (tertiary/aromatic N) is 3. The number of carbonyl (C=O) groups excluding carboxylic acids is 2. The highest BCUT2D eigenvalue weighted by atomic mass is 32.2. The number of aromatic nitrogens is 1. The molecule has 42 heavy (non-hydrogen) atoms. The van der Waals surface area contributed by atoms with Crippen molar-refractivity contribution in [2.45, 2.75) is 30.2 Å². The topological polar surface area (TPSA) is 85.5 Å². The number of nitro groups is 1. The van der Waals surface area contributed by atoms with Crippen LogP contribution in [0.2, 0.25) is 0 Å². The van der Waals surface area contributed by atoms with Gasteiger partial charge in [-0.3, -0.25) is 24.6 Å². The Kier molecular flexibility index (Phi) is 7.45. The molecule has 4 aromatic carbocycles. The van der Waals surface area contributed by atoms with Crippen LogP contribution in [0, 0.1) is 24.0 Å². The van der Waals surface area contributed by atoms with Crippen molar-refractivity contribution in [3.8, 4) is 5.69 Å². The number of carbonyl (C=O) groups is 2. The second-order valence-corrected chi connectivity index (χ2v) is 12.1. The summed E-state index contributed by atoms with van der Waals surface area (Å²) in [5.41, 5.74) is 4.83. The second kappa shape index (κ2) is 11.3. The predicted octanol–water partition coefficient (Wildman–Crippen LogP) is 8.54. The van der Waals surface area contributed by atoms with Crippen molar-refractivity contribution in [1.82, 2.24) is 9.47 Å². The fourth-order valence-corrected chi connectivity index (χ4v) is 6.79. The largest absolute Gasteiger partial charge is 0.318 e. The first-order valence-electron chi connectivity index (χ1n) is 13.2. The third-order valence-electron chi connectivity index (χ3n) is 7.22. The van der Waals surface area contributed by atoms with E-state index in [9.17, 15) is 19.7 Å². The molecule has 7 nitrogen and oxygen atoms in total. The van der Waals surface area contributed by atoms with Gasteiger partial charge < -0.3 is 4.57 Å². The van der Waals surface area contributed by atoms with Crippen molar-refractivity contribution in [3.05, 3.63) is 135 Å². The molecule has 1 aromatic heterocycles. The van der Waals surface area contributed by atoms with Crippen LogP contribution in [0.1, 0.15) is 22.5 Å². The summed E-state index contributed by atoms with van der Waals surface area (Å²) in [7, 11) is 0. The maximum Gasteiger partial charge on any atom is 0.293 e. The zero-order valence-electron chi connectivity index (χ0n) is 22.8. The third-order valence-corrected chi connectivity index (χ3v) is 9.14. The SMILES string of the molecule is Cc1cc(/C=C2\SC(=O)N(Cc3cccc4ccccc34)C2=O)c(C)n1-c1ccc(Sc2ccc([N+](=O)[O-])cc2)cc1. The Balaban J connectivity index is 1.21. The first-order chi connectivity index (χ1) is 20.3. The summed E-state index contributed by atoms with van der Waals surface area (Å²) in [6.45, 7) is 4.24. The van der Waals surface area contributed by atoms with E-state index in [-0.39, 0.29) is 23.4 Å². The number of benzene rings is 4. The highest BCUT2D eigenvalue weighted by Gasteiger charge is 2.35. The molecule has 0 saturated carbocycles. The van der Waals surface area contributed by atoms with Gasteiger partial charge in [-0.2, -0.15) is 0 Å². The van der Waals surface area contributed by atoms with Crippen molar-refractivity contribution < 1.29 is 14.5 Å². The van der Waals surface area contributed by atoms with Crippen LogP contribution in [0.5, 0.6) is 0 Å². The lowest BCUT2D eigenvalue weighted by Gasteiger charge is -2.14. The lowest BCUT2D eigenvalue weighted by atomic mass is 10.0. The third kappa shape index (κ3) is 5.36. The van der Waals surface area contributed by atoms with E-state index in [0.717, 1.165) is 60.5 Å². The highest BCUT2D eigenvalue weighted by molar-refractivity contribution is 8.18. The van der Waals surface area contributed by atoms with Crippen LogP contribution in [0.25, 0.3) is 22.5 Å². The van der Waals surface area contributed by atoms with Crippen molar-refractivity contribution in [3.63, 3.8) is 0 Å². The highest BCUT2D eigenvalue weighted by Crippen LogP contribution is 2.36. The molecule has 208 valence electrons. The van der Waals surface area contributed by atoms with Gasteiger partial charge in [0.1, 0.15) is 0 Å². The Morgan fingerprint density at radius 3 is 2.26 bits per heavy atom. The lowest BCUT2D eigenvalue weighted by molar-refractivity contribution is -0.384. The van der Waals surface area contributed by atoms with Gasteiger partial charge in [0.05, 0.1) is 16.4 Å². The second-order valence-electron chi connectivity index (χ2n) is 9.91. The maximum atomic E-state index is 13.3. The van der Waals surface area contributed by atoms with Gasteiger partial charge in [-0.25, -0.2) is 0 Å². The summed E-state index contributed by atoms with van der Waals surface area (Å²) in [5, 5.41) is 12.7. The molecule has 0 spiro atoms. The predicted molar refractivity (Wildman–Crippen MR) is 168 cm³/mol. The van der Waals surface area contributed by atoms with E-state index in [1.54, 1.807) is 12.1 Å². The molecule has 0 bridgehead atoms. The summed E-state index contributed by atoms with van der Waals surface area (Å²) in [4.78, 5) is 40.4. The van der Waals surface area contributed by atoms with Crippen LogP contribution in [0.4, 0.5) is 10.5 Å². The molecule has 1 saturated heterocycles.